The lowest BCUT2D eigenvalue weighted by Crippen LogP contribution is -2.58. The SMILES string of the molecule is C1=C[C@H]2[C@@H]1[C@@]1(c3ccccc3)N=N[C@@]2(c2ccccc2)[C@H]2C[C@H]21. The summed E-state index contributed by atoms with van der Waals surface area (Å²) >= 11 is 0. The fourth-order valence-electron chi connectivity index (χ4n) is 5.62. The van der Waals surface area contributed by atoms with Gasteiger partial charge in [0.25, 0.3) is 0 Å². The van der Waals surface area contributed by atoms with Gasteiger partial charge >= 0.3 is 0 Å². The Bertz CT molecular complexity index is 771. The number of azo groups is 1. The molecule has 2 aromatic carbocycles. The highest BCUT2D eigenvalue weighted by molar-refractivity contribution is 5.47. The first kappa shape index (κ1) is 12.2. The molecule has 7 rings (SSSR count). The quantitative estimate of drug-likeness (QED) is 0.718. The van der Waals surface area contributed by atoms with Crippen LogP contribution in [0.4, 0.5) is 0 Å². The van der Waals surface area contributed by atoms with Gasteiger partial charge in [0.15, 0.2) is 0 Å². The normalized spacial score (nSPS) is 44.3. The molecular formula is C21H18N2. The van der Waals surface area contributed by atoms with Crippen molar-refractivity contribution in [2.45, 2.75) is 17.5 Å². The maximum atomic E-state index is 5.03. The summed E-state index contributed by atoms with van der Waals surface area (Å²) in [5, 5.41) is 10.1. The van der Waals surface area contributed by atoms with Gasteiger partial charge < -0.3 is 0 Å². The molecule has 0 aromatic heterocycles. The minimum atomic E-state index is -0.0954. The molecule has 112 valence electrons. The second kappa shape index (κ2) is 3.81. The molecule has 0 saturated heterocycles. The molecule has 2 fully saturated rings. The maximum Gasteiger partial charge on any atom is 0.116 e. The fourth-order valence-corrected chi connectivity index (χ4v) is 5.62. The molecule has 5 aliphatic rings. The van der Waals surface area contributed by atoms with E-state index >= 15 is 0 Å². The lowest BCUT2D eigenvalue weighted by molar-refractivity contribution is 0.0165. The van der Waals surface area contributed by atoms with Gasteiger partial charge in [-0.25, -0.2) is 0 Å². The Morgan fingerprint density at radius 1 is 0.652 bits per heavy atom. The lowest BCUT2D eigenvalue weighted by Gasteiger charge is -2.58. The number of benzene rings is 2. The molecule has 2 nitrogen and oxygen atoms in total. The molecule has 2 bridgehead atoms. The van der Waals surface area contributed by atoms with Crippen LogP contribution in [-0.4, -0.2) is 0 Å². The van der Waals surface area contributed by atoms with Gasteiger partial charge in [-0.15, -0.1) is 0 Å². The van der Waals surface area contributed by atoms with Crippen molar-refractivity contribution < 1.29 is 0 Å². The van der Waals surface area contributed by atoms with Crippen molar-refractivity contribution in [3.05, 3.63) is 83.9 Å². The molecule has 6 atom stereocenters. The van der Waals surface area contributed by atoms with Crippen molar-refractivity contribution in [2.24, 2.45) is 33.9 Å². The Morgan fingerprint density at radius 3 is 1.48 bits per heavy atom. The average Bonchev–Trinajstić information content (AvgIpc) is 3.39. The van der Waals surface area contributed by atoms with Gasteiger partial charge in [0.1, 0.15) is 11.1 Å². The molecule has 2 heterocycles. The zero-order chi connectivity index (χ0) is 15.1. The molecule has 0 N–H and O–H groups in total. The van der Waals surface area contributed by atoms with Crippen LogP contribution < -0.4 is 0 Å². The van der Waals surface area contributed by atoms with Crippen LogP contribution in [0.2, 0.25) is 0 Å². The van der Waals surface area contributed by atoms with Gasteiger partial charge in [-0.2, -0.15) is 10.2 Å². The Kier molecular flexibility index (Phi) is 2.03. The molecule has 0 spiro atoms. The second-order valence-corrected chi connectivity index (χ2v) is 7.47. The first-order chi connectivity index (χ1) is 11.4. The average molecular weight is 298 g/mol. The predicted octanol–water partition coefficient (Wildman–Crippen LogP) is 4.70. The molecule has 23 heavy (non-hydrogen) atoms. The van der Waals surface area contributed by atoms with E-state index in [9.17, 15) is 0 Å². The Labute approximate surface area is 136 Å². The van der Waals surface area contributed by atoms with Gasteiger partial charge in [-0.1, -0.05) is 72.8 Å². The van der Waals surface area contributed by atoms with Crippen LogP contribution in [-0.2, 0) is 11.1 Å². The number of nitrogens with zero attached hydrogens (tertiary/aromatic N) is 2. The highest BCUT2D eigenvalue weighted by Gasteiger charge is 2.77. The van der Waals surface area contributed by atoms with Crippen molar-refractivity contribution in [3.8, 4) is 0 Å². The van der Waals surface area contributed by atoms with Crippen LogP contribution in [0, 0.1) is 23.7 Å². The fraction of sp³-hybridized carbons (Fsp3) is 0.333. The molecule has 2 saturated carbocycles. The lowest BCUT2D eigenvalue weighted by atomic mass is 9.51. The summed E-state index contributed by atoms with van der Waals surface area (Å²) in [6.07, 6.45) is 6.04. The third-order valence-corrected chi connectivity index (χ3v) is 6.70. The van der Waals surface area contributed by atoms with E-state index in [-0.39, 0.29) is 11.1 Å². The zero-order valence-electron chi connectivity index (χ0n) is 12.8. The van der Waals surface area contributed by atoms with Crippen LogP contribution in [0.1, 0.15) is 17.5 Å². The third kappa shape index (κ3) is 1.21. The van der Waals surface area contributed by atoms with Crippen LogP contribution in [0.3, 0.4) is 0 Å². The van der Waals surface area contributed by atoms with E-state index in [1.54, 1.807) is 0 Å². The summed E-state index contributed by atoms with van der Waals surface area (Å²) in [6.45, 7) is 0. The van der Waals surface area contributed by atoms with Crippen molar-refractivity contribution >= 4 is 0 Å². The summed E-state index contributed by atoms with van der Waals surface area (Å²) in [5.41, 5.74) is 2.53. The Balaban J connectivity index is 1.60. The minimum absolute atomic E-state index is 0.0954. The summed E-state index contributed by atoms with van der Waals surface area (Å²) in [5.74, 6) is 2.31. The molecule has 2 heteroatoms. The van der Waals surface area contributed by atoms with E-state index in [4.69, 9.17) is 10.2 Å². The Morgan fingerprint density at radius 2 is 1.09 bits per heavy atom. The molecule has 2 aliphatic heterocycles. The molecule has 3 aliphatic carbocycles. The van der Waals surface area contributed by atoms with Crippen LogP contribution in [0.15, 0.2) is 83.0 Å². The minimum Gasteiger partial charge on any atom is -0.181 e. The van der Waals surface area contributed by atoms with Crippen LogP contribution in [0.5, 0.6) is 0 Å². The molecule has 0 unspecified atom stereocenters. The van der Waals surface area contributed by atoms with E-state index in [0.29, 0.717) is 23.7 Å². The second-order valence-electron chi connectivity index (χ2n) is 7.47. The molecule has 0 radical (unpaired) electrons. The van der Waals surface area contributed by atoms with Crippen molar-refractivity contribution in [2.75, 3.05) is 0 Å². The summed E-state index contributed by atoms with van der Waals surface area (Å²) < 4.78 is 0. The van der Waals surface area contributed by atoms with Crippen LogP contribution in [0.25, 0.3) is 0 Å². The highest BCUT2D eigenvalue weighted by atomic mass is 15.3. The van der Waals surface area contributed by atoms with Crippen LogP contribution >= 0.6 is 0 Å². The van der Waals surface area contributed by atoms with E-state index in [0.717, 1.165) is 0 Å². The van der Waals surface area contributed by atoms with Gasteiger partial charge in [0.2, 0.25) is 0 Å². The van der Waals surface area contributed by atoms with E-state index in [1.807, 2.05) is 0 Å². The summed E-state index contributed by atoms with van der Waals surface area (Å²) in [4.78, 5) is 0. The summed E-state index contributed by atoms with van der Waals surface area (Å²) in [7, 11) is 0. The largest absolute Gasteiger partial charge is 0.181 e. The summed E-state index contributed by atoms with van der Waals surface area (Å²) in [6, 6.07) is 21.7. The van der Waals surface area contributed by atoms with E-state index in [2.05, 4.69) is 72.8 Å². The van der Waals surface area contributed by atoms with Gasteiger partial charge in [-0.05, 0) is 29.4 Å². The predicted molar refractivity (Wildman–Crippen MR) is 88.8 cm³/mol. The molecule has 0 amide bonds. The van der Waals surface area contributed by atoms with Crippen molar-refractivity contribution in [3.63, 3.8) is 0 Å². The van der Waals surface area contributed by atoms with Gasteiger partial charge in [0, 0.05) is 11.8 Å². The van der Waals surface area contributed by atoms with Gasteiger partial charge in [-0.3, -0.25) is 0 Å². The monoisotopic (exact) mass is 298 g/mol. The third-order valence-electron chi connectivity index (χ3n) is 6.70. The first-order valence-electron chi connectivity index (χ1n) is 8.61. The van der Waals surface area contributed by atoms with E-state index in [1.165, 1.54) is 17.5 Å². The van der Waals surface area contributed by atoms with Crippen molar-refractivity contribution in [1.82, 2.24) is 0 Å². The van der Waals surface area contributed by atoms with Gasteiger partial charge in [0.05, 0.1) is 0 Å². The Hall–Kier alpha value is -2.22. The molecule has 2 aromatic rings. The smallest absolute Gasteiger partial charge is 0.116 e. The van der Waals surface area contributed by atoms with Crippen molar-refractivity contribution in [1.29, 1.82) is 0 Å². The number of hydrogen-bond acceptors (Lipinski definition) is 2. The zero-order valence-corrected chi connectivity index (χ0v) is 12.8. The highest BCUT2D eigenvalue weighted by Crippen LogP contribution is 2.77. The molecular weight excluding hydrogens is 280 g/mol. The standard InChI is InChI=1S/C21H18N2/c1-3-7-14(8-4-1)20-16-11-12-17(16)21(23-22-20,19-13-18(19)20)15-9-5-2-6-10-15/h1-12,16-19H,13H2/t16-,17+,18-,19+,20-,21-/m1/s1. The number of rotatable bonds is 2. The first-order valence-corrected chi connectivity index (χ1v) is 8.61. The maximum absolute atomic E-state index is 5.03. The number of hydrogen-bond donors (Lipinski definition) is 0. The van der Waals surface area contributed by atoms with E-state index < -0.39 is 0 Å². The topological polar surface area (TPSA) is 24.7 Å².